The third kappa shape index (κ3) is 11.9. The maximum absolute atomic E-state index is 15.5. The molecule has 13 rings (SSSR count). The molecule has 9 atom stereocenters. The van der Waals surface area contributed by atoms with Crippen LogP contribution in [-0.4, -0.2) is 168 Å². The summed E-state index contributed by atoms with van der Waals surface area (Å²) in [7, 11) is -1.26. The fraction of sp³-hybridized carbons (Fsp3) is 0.667. The normalized spacial score (nSPS) is 29.0. The molecule has 3 amide bonds. The summed E-state index contributed by atoms with van der Waals surface area (Å²) < 4.78 is 39.4. The number of alkyl halides is 1. The number of aryl methyl sites for hydroxylation is 1. The van der Waals surface area contributed by atoms with E-state index in [1.165, 1.54) is 24.4 Å². The molecule has 9 heterocycles. The molecule has 8 fully saturated rings. The molecule has 87 heavy (non-hydrogen) atoms. The predicted octanol–water partition coefficient (Wildman–Crippen LogP) is 9.32. The highest BCUT2D eigenvalue weighted by Gasteiger charge is 2.64. The summed E-state index contributed by atoms with van der Waals surface area (Å²) in [6, 6.07) is 12.7. The molecule has 1 unspecified atom stereocenters. The SMILES string of the molecule is CCn1c(-c2cc(N3CCN4CCC[C@@H]4C3)cnc2C(C)C)c2c3cc(ccc31)-c1cc(CF)cc(c1)C[C@H](NC(=O)[C@H](C1CCCC1)N1CC[C@]3(CCN(C(=O)[C@H]4[C@@H](C5CC5)N4[S@](=O)C(C)(C)C)C3)C1)C(=O)N1CCC[C@H](N1)C(=O)OCC(C)(C)C2. The van der Waals surface area contributed by atoms with Gasteiger partial charge in [0.15, 0.2) is 0 Å². The molecule has 16 nitrogen and oxygen atoms in total. The average Bonchev–Trinajstić information content (AvgIpc) is 1.57. The van der Waals surface area contributed by atoms with Crippen molar-refractivity contribution in [1.82, 2.24) is 44.3 Å². The summed E-state index contributed by atoms with van der Waals surface area (Å²) in [6.45, 7) is 24.2. The Labute approximate surface area is 517 Å². The number of anilines is 1. The highest BCUT2D eigenvalue weighted by molar-refractivity contribution is 7.84. The summed E-state index contributed by atoms with van der Waals surface area (Å²) >= 11 is 0. The zero-order valence-electron chi connectivity index (χ0n) is 53.0. The summed E-state index contributed by atoms with van der Waals surface area (Å²) in [5.41, 5.74) is 12.2. The lowest BCUT2D eigenvalue weighted by molar-refractivity contribution is -0.155. The number of fused-ring (bicyclic) bond motifs is 7. The van der Waals surface area contributed by atoms with Crippen LogP contribution in [0.2, 0.25) is 0 Å². The number of likely N-dealkylation sites (tertiary alicyclic amines) is 2. The lowest BCUT2D eigenvalue weighted by Crippen LogP contribution is -2.62. The number of cyclic esters (lactones) is 1. The van der Waals surface area contributed by atoms with Crippen molar-refractivity contribution in [3.05, 3.63) is 71.0 Å². The molecule has 18 heteroatoms. The van der Waals surface area contributed by atoms with Gasteiger partial charge in [-0.1, -0.05) is 58.7 Å². The Hall–Kier alpha value is -5.27. The number of hydrogen-bond acceptors (Lipinski definition) is 11. The number of hydrogen-bond donors (Lipinski definition) is 2. The molecular weight excluding hydrogens is 1120 g/mol. The molecule has 2 saturated carbocycles. The van der Waals surface area contributed by atoms with E-state index in [1.807, 2.05) is 42.1 Å². The standard InChI is InChI=1S/C69H95FN10O6S/c1-9-78-57-21-20-48-34-52(57)54(61(78)53-35-51(38-71-58(53)43(2)3)75-29-28-74-24-12-16-50(74)39-75)36-68(7,8)42-86-66(84)55-17-13-25-79(73-55)64(82)56(33-44-30-45(37-70)32-49(48)31-44)72-63(81)60(46-14-10-11-15-46)76-26-22-69(40-76)23-27-77(41-69)65(83)62-59(47-18-19-47)80(62)87(85)67(4,5)6/h20-21,30-32,34-35,38,43,46-47,50,55-56,59-60,62,73H,9-19,22-29,33,36-37,39-42H2,1-8H3,(H,72,81)/t50-,55+,56+,59-,60+,62-,69+,80?,87-/m1/s1. The zero-order valence-corrected chi connectivity index (χ0v) is 53.8. The van der Waals surface area contributed by atoms with E-state index in [9.17, 15) is 13.8 Å². The summed E-state index contributed by atoms with van der Waals surface area (Å²) in [6.07, 6.45) is 14.0. The number of nitrogens with one attached hydrogen (secondary N) is 2. The Morgan fingerprint density at radius 3 is 2.43 bits per heavy atom. The van der Waals surface area contributed by atoms with E-state index in [0.29, 0.717) is 76.1 Å². The van der Waals surface area contributed by atoms with Crippen LogP contribution in [0, 0.1) is 22.7 Å². The number of aromatic nitrogens is 2. The molecule has 0 radical (unpaired) electrons. The first-order chi connectivity index (χ1) is 41.7. The van der Waals surface area contributed by atoms with E-state index in [4.69, 9.17) is 9.72 Å². The number of piperazine rings is 1. The number of carbonyl (C=O) groups is 4. The molecule has 6 saturated heterocycles. The average molecular weight is 1210 g/mol. The minimum atomic E-state index is -1.26. The summed E-state index contributed by atoms with van der Waals surface area (Å²) in [4.78, 5) is 74.5. The van der Waals surface area contributed by atoms with Gasteiger partial charge in [-0.3, -0.25) is 39.0 Å². The van der Waals surface area contributed by atoms with Crippen LogP contribution in [-0.2, 0) is 61.0 Å². The number of hydrazine groups is 1. The maximum Gasteiger partial charge on any atom is 0.324 e. The number of benzene rings is 2. The first-order valence-corrected chi connectivity index (χ1v) is 34.4. The van der Waals surface area contributed by atoms with Crippen molar-refractivity contribution in [3.63, 3.8) is 0 Å². The van der Waals surface area contributed by atoms with Gasteiger partial charge in [-0.15, -0.1) is 0 Å². The van der Waals surface area contributed by atoms with Crippen LogP contribution in [0.4, 0.5) is 10.1 Å². The number of pyridine rings is 1. The Morgan fingerprint density at radius 2 is 1.68 bits per heavy atom. The van der Waals surface area contributed by atoms with E-state index in [0.717, 1.165) is 127 Å². The van der Waals surface area contributed by atoms with Crippen LogP contribution < -0.4 is 15.6 Å². The van der Waals surface area contributed by atoms with Crippen molar-refractivity contribution < 1.29 is 32.5 Å². The number of carbonyl (C=O) groups excluding carboxylic acids is 4. The third-order valence-electron chi connectivity index (χ3n) is 21.3. The van der Waals surface area contributed by atoms with Gasteiger partial charge in [0.2, 0.25) is 11.8 Å². The lowest BCUT2D eigenvalue weighted by atomic mass is 9.83. The Balaban J connectivity index is 0.830. The summed E-state index contributed by atoms with van der Waals surface area (Å²) in [5, 5.41) is 5.95. The van der Waals surface area contributed by atoms with E-state index in [1.54, 1.807) is 0 Å². The second-order valence-corrected chi connectivity index (χ2v) is 31.9. The van der Waals surface area contributed by atoms with Crippen LogP contribution >= 0.6 is 0 Å². The minimum Gasteiger partial charge on any atom is -0.464 e. The van der Waals surface area contributed by atoms with E-state index < -0.39 is 51.9 Å². The fourth-order valence-corrected chi connectivity index (χ4v) is 18.2. The molecule has 2 aromatic heterocycles. The van der Waals surface area contributed by atoms with Crippen molar-refractivity contribution in [2.75, 3.05) is 70.4 Å². The number of nitrogens with zero attached hydrogens (tertiary/aromatic N) is 8. The van der Waals surface area contributed by atoms with Gasteiger partial charge < -0.3 is 24.4 Å². The maximum atomic E-state index is 15.5. The van der Waals surface area contributed by atoms with Gasteiger partial charge in [0.05, 0.1) is 46.7 Å². The smallest absolute Gasteiger partial charge is 0.324 e. The van der Waals surface area contributed by atoms with Gasteiger partial charge in [0.25, 0.3) is 5.91 Å². The van der Waals surface area contributed by atoms with Crippen LogP contribution in [0.1, 0.15) is 161 Å². The van der Waals surface area contributed by atoms with Gasteiger partial charge >= 0.3 is 5.97 Å². The number of esters is 1. The van der Waals surface area contributed by atoms with E-state index >= 15 is 14.0 Å². The minimum absolute atomic E-state index is 0.0486. The molecule has 2 N–H and O–H groups in total. The monoisotopic (exact) mass is 1210 g/mol. The Bertz CT molecular complexity index is 3330. The highest BCUT2D eigenvalue weighted by atomic mass is 32.2. The van der Waals surface area contributed by atoms with Crippen molar-refractivity contribution in [1.29, 1.82) is 0 Å². The number of rotatable bonds is 12. The zero-order chi connectivity index (χ0) is 60.8. The van der Waals surface area contributed by atoms with Crippen LogP contribution in [0.25, 0.3) is 33.3 Å². The van der Waals surface area contributed by atoms with Crippen LogP contribution in [0.5, 0.6) is 0 Å². The quantitative estimate of drug-likeness (QED) is 0.103. The van der Waals surface area contributed by atoms with Crippen molar-refractivity contribution in [2.24, 2.45) is 22.7 Å². The van der Waals surface area contributed by atoms with Gasteiger partial charge in [0.1, 0.15) is 35.8 Å². The fourth-order valence-electron chi connectivity index (χ4n) is 16.7. The first-order valence-electron chi connectivity index (χ1n) is 33.3. The van der Waals surface area contributed by atoms with Crippen molar-refractivity contribution in [3.8, 4) is 22.4 Å². The van der Waals surface area contributed by atoms with E-state index in [2.05, 4.69) is 101 Å². The molecule has 9 aliphatic rings. The van der Waals surface area contributed by atoms with Gasteiger partial charge in [-0.25, -0.2) is 18.3 Å². The molecule has 1 spiro atoms. The van der Waals surface area contributed by atoms with Gasteiger partial charge in [0, 0.05) is 92.1 Å². The number of halogens is 1. The molecular formula is C69H95FN10O6S. The second kappa shape index (κ2) is 23.8. The Kier molecular flexibility index (Phi) is 16.6. The first kappa shape index (κ1) is 60.6. The molecule has 2 aliphatic carbocycles. The van der Waals surface area contributed by atoms with Crippen molar-refractivity contribution in [2.45, 2.75) is 205 Å². The van der Waals surface area contributed by atoms with E-state index in [-0.39, 0.29) is 60.1 Å². The predicted molar refractivity (Wildman–Crippen MR) is 340 cm³/mol. The largest absolute Gasteiger partial charge is 0.464 e. The van der Waals surface area contributed by atoms with Gasteiger partial charge in [-0.05, 0) is 181 Å². The number of amides is 3. The number of ether oxygens (including phenoxy) is 1. The molecule has 470 valence electrons. The summed E-state index contributed by atoms with van der Waals surface area (Å²) in [5.74, 6) is -0.213. The lowest BCUT2D eigenvalue weighted by Gasteiger charge is -2.39. The topological polar surface area (TPSA) is 156 Å². The Morgan fingerprint density at radius 1 is 0.897 bits per heavy atom. The highest BCUT2D eigenvalue weighted by Crippen LogP contribution is 2.52. The molecule has 2 aromatic carbocycles. The van der Waals surface area contributed by atoms with Crippen molar-refractivity contribution >= 4 is 51.3 Å². The van der Waals surface area contributed by atoms with Crippen LogP contribution in [0.15, 0.2) is 48.7 Å². The second-order valence-electron chi connectivity index (χ2n) is 29.8. The molecule has 7 aliphatic heterocycles. The van der Waals surface area contributed by atoms with Crippen LogP contribution in [0.3, 0.4) is 0 Å². The molecule has 4 aromatic rings. The molecule has 6 bridgehead atoms. The third-order valence-corrected chi connectivity index (χ3v) is 23.2. The van der Waals surface area contributed by atoms with Gasteiger partial charge in [-0.2, -0.15) is 0 Å².